The van der Waals surface area contributed by atoms with Gasteiger partial charge in [-0.1, -0.05) is 11.6 Å². The Morgan fingerprint density at radius 2 is 1.84 bits per heavy atom. The topological polar surface area (TPSA) is 116 Å². The Labute approximate surface area is 189 Å². The number of carboxylic acids is 1. The monoisotopic (exact) mass is 458 g/mol. The number of halogens is 1. The van der Waals surface area contributed by atoms with E-state index in [9.17, 15) is 19.5 Å². The molecule has 0 spiro atoms. The van der Waals surface area contributed by atoms with Crippen molar-refractivity contribution < 1.29 is 29.3 Å². The lowest BCUT2D eigenvalue weighted by atomic mass is 9.91. The molecule has 0 aromatic heterocycles. The van der Waals surface area contributed by atoms with Crippen LogP contribution in [-0.4, -0.2) is 46.0 Å². The first-order valence-electron chi connectivity index (χ1n) is 10.4. The highest BCUT2D eigenvalue weighted by Crippen LogP contribution is 2.43. The normalized spacial score (nSPS) is 14.9. The highest BCUT2D eigenvalue weighted by Gasteiger charge is 2.29. The quantitative estimate of drug-likeness (QED) is 0.584. The predicted octanol–water partition coefficient (Wildman–Crippen LogP) is 3.97. The molecular formula is C23H23ClN2O6. The van der Waals surface area contributed by atoms with Crippen molar-refractivity contribution in [2.75, 3.05) is 12.4 Å². The summed E-state index contributed by atoms with van der Waals surface area (Å²) in [6, 6.07) is 6.10. The summed E-state index contributed by atoms with van der Waals surface area (Å²) in [7, 11) is 1.73. The van der Waals surface area contributed by atoms with Crippen molar-refractivity contribution >= 4 is 35.1 Å². The Bertz CT molecular complexity index is 1110. The third-order valence-electron chi connectivity index (χ3n) is 6.11. The van der Waals surface area contributed by atoms with E-state index in [0.717, 1.165) is 36.8 Å². The van der Waals surface area contributed by atoms with E-state index in [2.05, 4.69) is 5.32 Å². The van der Waals surface area contributed by atoms with Crippen LogP contribution in [0.15, 0.2) is 24.3 Å². The Hall–Kier alpha value is -3.26. The molecule has 4 rings (SSSR count). The number of phenols is 1. The van der Waals surface area contributed by atoms with Gasteiger partial charge in [0, 0.05) is 24.3 Å². The Kier molecular flexibility index (Phi) is 5.97. The van der Waals surface area contributed by atoms with Crippen LogP contribution in [0, 0.1) is 0 Å². The average Bonchev–Trinajstić information content (AvgIpc) is 3.20. The lowest BCUT2D eigenvalue weighted by Gasteiger charge is -2.34. The molecule has 2 amide bonds. The summed E-state index contributed by atoms with van der Waals surface area (Å²) in [5.41, 5.74) is 2.06. The van der Waals surface area contributed by atoms with Gasteiger partial charge in [0.25, 0.3) is 5.91 Å². The van der Waals surface area contributed by atoms with Crippen LogP contribution < -0.4 is 10.1 Å². The molecule has 8 nitrogen and oxygen atoms in total. The predicted molar refractivity (Wildman–Crippen MR) is 118 cm³/mol. The first-order chi connectivity index (χ1) is 15.3. The van der Waals surface area contributed by atoms with Gasteiger partial charge in [-0.25, -0.2) is 4.79 Å². The number of ether oxygens (including phenoxy) is 1. The maximum Gasteiger partial charge on any atom is 0.394 e. The molecule has 0 bridgehead atoms. The Morgan fingerprint density at radius 1 is 1.12 bits per heavy atom. The number of aromatic hydroxyl groups is 1. The van der Waals surface area contributed by atoms with Crippen molar-refractivity contribution in [3.05, 3.63) is 46.0 Å². The SMILES string of the molecule is CN(C(=O)c1cc(Oc2c(Cl)cc(NC(=O)C(=O)O)c3c2CCC3)ccc1O)C1CCC1. The van der Waals surface area contributed by atoms with Crippen molar-refractivity contribution in [1.82, 2.24) is 4.90 Å². The van der Waals surface area contributed by atoms with Gasteiger partial charge in [0.1, 0.15) is 17.2 Å². The van der Waals surface area contributed by atoms with E-state index in [4.69, 9.17) is 21.4 Å². The molecule has 3 N–H and O–H groups in total. The standard InChI is InChI=1S/C23H23ClN2O6/c1-26(12-4-2-5-12)22(29)16-10-13(8-9-19(16)27)32-20-15-7-3-6-14(15)18(11-17(20)24)25-21(28)23(30)31/h8-12,27H,2-7H2,1H3,(H,25,28)(H,30,31). The van der Waals surface area contributed by atoms with E-state index in [1.54, 1.807) is 18.0 Å². The van der Waals surface area contributed by atoms with Gasteiger partial charge in [0.15, 0.2) is 0 Å². The molecule has 32 heavy (non-hydrogen) atoms. The van der Waals surface area contributed by atoms with Crippen LogP contribution in [-0.2, 0) is 22.4 Å². The lowest BCUT2D eigenvalue weighted by molar-refractivity contribution is -0.147. The second kappa shape index (κ2) is 8.70. The van der Waals surface area contributed by atoms with E-state index >= 15 is 0 Å². The fourth-order valence-electron chi connectivity index (χ4n) is 4.11. The fraction of sp³-hybridized carbons (Fsp3) is 0.348. The summed E-state index contributed by atoms with van der Waals surface area (Å²) in [5, 5.41) is 21.7. The zero-order valence-electron chi connectivity index (χ0n) is 17.5. The van der Waals surface area contributed by atoms with Crippen molar-refractivity contribution in [3.63, 3.8) is 0 Å². The number of fused-ring (bicyclic) bond motifs is 1. The molecule has 2 aromatic rings. The number of rotatable bonds is 5. The Balaban J connectivity index is 1.63. The number of nitrogens with one attached hydrogen (secondary N) is 1. The van der Waals surface area contributed by atoms with E-state index in [1.807, 2.05) is 0 Å². The minimum Gasteiger partial charge on any atom is -0.507 e. The van der Waals surface area contributed by atoms with Crippen LogP contribution in [0.5, 0.6) is 17.2 Å². The van der Waals surface area contributed by atoms with Crippen molar-refractivity contribution in [1.29, 1.82) is 0 Å². The molecule has 0 radical (unpaired) electrons. The van der Waals surface area contributed by atoms with Crippen LogP contribution in [0.3, 0.4) is 0 Å². The van der Waals surface area contributed by atoms with Gasteiger partial charge in [-0.15, -0.1) is 0 Å². The molecule has 1 saturated carbocycles. The number of anilines is 1. The second-order valence-electron chi connectivity index (χ2n) is 8.09. The molecule has 0 aliphatic heterocycles. The van der Waals surface area contributed by atoms with Crippen molar-refractivity contribution in [3.8, 4) is 17.2 Å². The fourth-order valence-corrected chi connectivity index (χ4v) is 4.37. The maximum atomic E-state index is 12.9. The number of aliphatic carboxylic acids is 1. The third kappa shape index (κ3) is 4.10. The minimum absolute atomic E-state index is 0.128. The highest BCUT2D eigenvalue weighted by atomic mass is 35.5. The molecule has 9 heteroatoms. The average molecular weight is 459 g/mol. The van der Waals surface area contributed by atoms with E-state index < -0.39 is 11.9 Å². The highest BCUT2D eigenvalue weighted by molar-refractivity contribution is 6.37. The van der Waals surface area contributed by atoms with Gasteiger partial charge in [0.05, 0.1) is 10.6 Å². The molecule has 0 unspecified atom stereocenters. The summed E-state index contributed by atoms with van der Waals surface area (Å²) in [4.78, 5) is 37.0. The molecule has 168 valence electrons. The largest absolute Gasteiger partial charge is 0.507 e. The summed E-state index contributed by atoms with van der Waals surface area (Å²) in [5.74, 6) is -2.39. The molecule has 0 heterocycles. The molecule has 2 aromatic carbocycles. The molecule has 2 aliphatic carbocycles. The second-order valence-corrected chi connectivity index (χ2v) is 8.49. The number of carboxylic acid groups (broad SMARTS) is 1. The van der Waals surface area contributed by atoms with Crippen LogP contribution in [0.4, 0.5) is 5.69 Å². The number of phenolic OH excluding ortho intramolecular Hbond substituents is 1. The summed E-state index contributed by atoms with van der Waals surface area (Å²) in [6.07, 6.45) is 5.08. The van der Waals surface area contributed by atoms with Crippen LogP contribution in [0.1, 0.15) is 47.2 Å². The van der Waals surface area contributed by atoms with Gasteiger partial charge < -0.3 is 25.2 Å². The van der Waals surface area contributed by atoms with E-state index in [0.29, 0.717) is 30.0 Å². The summed E-state index contributed by atoms with van der Waals surface area (Å²) in [6.45, 7) is 0. The van der Waals surface area contributed by atoms with Gasteiger partial charge in [-0.05, 0) is 68.4 Å². The smallest absolute Gasteiger partial charge is 0.394 e. The number of carbonyl (C=O) groups is 3. The van der Waals surface area contributed by atoms with Crippen LogP contribution in [0.2, 0.25) is 5.02 Å². The first kappa shape index (κ1) is 22.0. The van der Waals surface area contributed by atoms with Crippen molar-refractivity contribution in [2.45, 2.75) is 44.6 Å². The minimum atomic E-state index is -1.58. The summed E-state index contributed by atoms with van der Waals surface area (Å²) < 4.78 is 6.04. The van der Waals surface area contributed by atoms with Gasteiger partial charge >= 0.3 is 11.9 Å². The maximum absolute atomic E-state index is 12.9. The van der Waals surface area contributed by atoms with Crippen LogP contribution >= 0.6 is 11.6 Å². The number of benzene rings is 2. The van der Waals surface area contributed by atoms with E-state index in [1.165, 1.54) is 18.2 Å². The zero-order valence-corrected chi connectivity index (χ0v) is 18.2. The molecule has 0 atom stereocenters. The molecular weight excluding hydrogens is 436 g/mol. The van der Waals surface area contributed by atoms with Gasteiger partial charge in [-0.3, -0.25) is 9.59 Å². The first-order valence-corrected chi connectivity index (χ1v) is 10.8. The molecule has 1 fully saturated rings. The summed E-state index contributed by atoms with van der Waals surface area (Å²) >= 11 is 6.43. The zero-order chi connectivity index (χ0) is 23.0. The number of hydrogen-bond donors (Lipinski definition) is 3. The lowest BCUT2D eigenvalue weighted by Crippen LogP contribution is -2.41. The number of amides is 2. The van der Waals surface area contributed by atoms with E-state index in [-0.39, 0.29) is 28.3 Å². The van der Waals surface area contributed by atoms with Crippen molar-refractivity contribution in [2.24, 2.45) is 0 Å². The number of carbonyl (C=O) groups excluding carboxylic acids is 2. The number of hydrogen-bond acceptors (Lipinski definition) is 5. The van der Waals surface area contributed by atoms with Gasteiger partial charge in [0.2, 0.25) is 0 Å². The third-order valence-corrected chi connectivity index (χ3v) is 6.39. The van der Waals surface area contributed by atoms with Crippen LogP contribution in [0.25, 0.3) is 0 Å². The molecule has 0 saturated heterocycles. The van der Waals surface area contributed by atoms with Gasteiger partial charge in [-0.2, -0.15) is 0 Å². The number of nitrogens with zero attached hydrogens (tertiary/aromatic N) is 1. The molecule has 2 aliphatic rings. The Morgan fingerprint density at radius 3 is 2.50 bits per heavy atom.